The molecule has 142 valence electrons. The van der Waals surface area contributed by atoms with Crippen LogP contribution in [-0.4, -0.2) is 60.9 Å². The van der Waals surface area contributed by atoms with Crippen LogP contribution in [0.15, 0.2) is 24.3 Å². The van der Waals surface area contributed by atoms with Crippen LogP contribution in [0.5, 0.6) is 0 Å². The van der Waals surface area contributed by atoms with Crippen molar-refractivity contribution in [3.05, 3.63) is 34.9 Å². The van der Waals surface area contributed by atoms with E-state index in [-0.39, 0.29) is 55.8 Å². The van der Waals surface area contributed by atoms with E-state index in [2.05, 4.69) is 17.1 Å². The molecule has 2 amide bonds. The second kappa shape index (κ2) is 11.5. The van der Waals surface area contributed by atoms with Gasteiger partial charge in [0.25, 0.3) is 0 Å². The number of amides is 2. The highest BCUT2D eigenvalue weighted by molar-refractivity contribution is 6.31. The van der Waals surface area contributed by atoms with E-state index in [1.165, 1.54) is 0 Å². The lowest BCUT2D eigenvalue weighted by atomic mass is 10.1. The van der Waals surface area contributed by atoms with Gasteiger partial charge in [0, 0.05) is 37.2 Å². The van der Waals surface area contributed by atoms with Crippen molar-refractivity contribution in [1.82, 2.24) is 15.1 Å². The maximum Gasteiger partial charge on any atom is 0.242 e. The summed E-state index contributed by atoms with van der Waals surface area (Å²) < 4.78 is 0. The van der Waals surface area contributed by atoms with Crippen LogP contribution in [0, 0.1) is 0 Å². The van der Waals surface area contributed by atoms with Gasteiger partial charge in [0.05, 0.1) is 13.1 Å². The molecule has 1 aromatic carbocycles. The molecule has 1 atom stereocenters. The molecular formula is C16H25Cl3N4O2. The Labute approximate surface area is 165 Å². The number of nitrogens with two attached hydrogens (primary N) is 1. The van der Waals surface area contributed by atoms with Crippen LogP contribution in [0.1, 0.15) is 18.5 Å². The van der Waals surface area contributed by atoms with Crippen LogP contribution < -0.4 is 11.1 Å². The molecule has 0 aromatic heterocycles. The minimum atomic E-state index is -0.315. The van der Waals surface area contributed by atoms with Crippen LogP contribution in [-0.2, 0) is 9.59 Å². The summed E-state index contributed by atoms with van der Waals surface area (Å²) in [6.07, 6.45) is 0. The van der Waals surface area contributed by atoms with Crippen LogP contribution in [0.2, 0.25) is 5.02 Å². The van der Waals surface area contributed by atoms with Crippen LogP contribution in [0.4, 0.5) is 0 Å². The van der Waals surface area contributed by atoms with E-state index in [4.69, 9.17) is 17.3 Å². The smallest absolute Gasteiger partial charge is 0.242 e. The Morgan fingerprint density at radius 1 is 1.20 bits per heavy atom. The average Bonchev–Trinajstić information content (AvgIpc) is 2.59. The second-order valence-corrected chi connectivity index (χ2v) is 6.00. The highest BCUT2D eigenvalue weighted by Gasteiger charge is 2.25. The summed E-state index contributed by atoms with van der Waals surface area (Å²) in [6, 6.07) is 8.04. The van der Waals surface area contributed by atoms with Crippen LogP contribution in [0.3, 0.4) is 0 Å². The molecule has 0 spiro atoms. The Bertz CT molecular complexity index is 566. The molecule has 1 aliphatic rings. The van der Waals surface area contributed by atoms with E-state index in [1.807, 2.05) is 24.3 Å². The molecule has 1 aliphatic heterocycles. The number of nitrogens with one attached hydrogen (secondary N) is 1. The van der Waals surface area contributed by atoms with Crippen molar-refractivity contribution in [2.24, 2.45) is 5.73 Å². The fraction of sp³-hybridized carbons (Fsp3) is 0.500. The monoisotopic (exact) mass is 410 g/mol. The topological polar surface area (TPSA) is 78.7 Å². The Morgan fingerprint density at radius 2 is 1.80 bits per heavy atom. The van der Waals surface area contributed by atoms with E-state index in [0.29, 0.717) is 13.1 Å². The maximum atomic E-state index is 12.0. The van der Waals surface area contributed by atoms with Gasteiger partial charge in [-0.3, -0.25) is 14.5 Å². The molecule has 1 saturated heterocycles. The Balaban J connectivity index is 0.00000288. The lowest BCUT2D eigenvalue weighted by Gasteiger charge is -2.38. The summed E-state index contributed by atoms with van der Waals surface area (Å²) >= 11 is 6.26. The van der Waals surface area contributed by atoms with E-state index in [1.54, 1.807) is 4.90 Å². The van der Waals surface area contributed by atoms with Crippen molar-refractivity contribution in [3.8, 4) is 0 Å². The minimum Gasteiger partial charge on any atom is -0.346 e. The lowest BCUT2D eigenvalue weighted by molar-refractivity contribution is -0.134. The van der Waals surface area contributed by atoms with Gasteiger partial charge in [-0.1, -0.05) is 29.8 Å². The van der Waals surface area contributed by atoms with Gasteiger partial charge in [-0.25, -0.2) is 0 Å². The van der Waals surface area contributed by atoms with Gasteiger partial charge >= 0.3 is 0 Å². The number of rotatable bonds is 5. The van der Waals surface area contributed by atoms with Crippen molar-refractivity contribution in [2.75, 3.05) is 39.3 Å². The zero-order valence-corrected chi connectivity index (χ0v) is 16.5. The van der Waals surface area contributed by atoms with Crippen LogP contribution >= 0.6 is 36.4 Å². The fourth-order valence-corrected chi connectivity index (χ4v) is 3.02. The fourth-order valence-electron chi connectivity index (χ4n) is 2.73. The summed E-state index contributed by atoms with van der Waals surface area (Å²) in [6.45, 7) is 4.89. The molecule has 0 radical (unpaired) electrons. The first-order valence-corrected chi connectivity index (χ1v) is 8.13. The first-order chi connectivity index (χ1) is 11.0. The van der Waals surface area contributed by atoms with E-state index >= 15 is 0 Å². The Kier molecular flexibility index (Phi) is 11.1. The predicted octanol–water partition coefficient (Wildman–Crippen LogP) is 1.46. The first-order valence-electron chi connectivity index (χ1n) is 7.76. The Hall–Kier alpha value is -1.05. The summed E-state index contributed by atoms with van der Waals surface area (Å²) in [5.74, 6) is -0.388. The highest BCUT2D eigenvalue weighted by Crippen LogP contribution is 2.27. The first kappa shape index (κ1) is 23.9. The number of piperazine rings is 1. The highest BCUT2D eigenvalue weighted by atomic mass is 35.5. The molecule has 3 N–H and O–H groups in total. The van der Waals surface area contributed by atoms with Crippen molar-refractivity contribution < 1.29 is 9.59 Å². The Morgan fingerprint density at radius 3 is 2.36 bits per heavy atom. The molecule has 1 heterocycles. The standard InChI is InChI=1S/C16H23ClN4O2.2ClH/c1-12(13-4-2-3-5-14(13)17)20-6-8-21(9-7-20)16(23)11-19-15(22)10-18;;/h2-5,12H,6-11,18H2,1H3,(H,19,22);2*1H. The lowest BCUT2D eigenvalue weighted by Crippen LogP contribution is -2.51. The molecule has 0 saturated carbocycles. The van der Waals surface area contributed by atoms with Crippen molar-refractivity contribution in [2.45, 2.75) is 13.0 Å². The van der Waals surface area contributed by atoms with E-state index in [0.717, 1.165) is 23.7 Å². The minimum absolute atomic E-state index is 0. The summed E-state index contributed by atoms with van der Waals surface area (Å²) in [5, 5.41) is 3.28. The molecule has 1 aromatic rings. The number of hydrogen-bond donors (Lipinski definition) is 2. The van der Waals surface area contributed by atoms with Gasteiger partial charge in [0.2, 0.25) is 11.8 Å². The van der Waals surface area contributed by atoms with E-state index < -0.39 is 0 Å². The van der Waals surface area contributed by atoms with Gasteiger partial charge in [-0.15, -0.1) is 24.8 Å². The number of benzene rings is 1. The molecular weight excluding hydrogens is 387 g/mol. The SMILES string of the molecule is CC(c1ccccc1Cl)N1CCN(C(=O)CNC(=O)CN)CC1.Cl.Cl. The largest absolute Gasteiger partial charge is 0.346 e. The van der Waals surface area contributed by atoms with Gasteiger partial charge in [0.15, 0.2) is 0 Å². The molecule has 0 aliphatic carbocycles. The third-order valence-corrected chi connectivity index (χ3v) is 4.54. The maximum absolute atomic E-state index is 12.0. The van der Waals surface area contributed by atoms with Gasteiger partial charge in [-0.05, 0) is 18.6 Å². The second-order valence-electron chi connectivity index (χ2n) is 5.60. The zero-order valence-electron chi connectivity index (χ0n) is 14.1. The zero-order chi connectivity index (χ0) is 16.8. The molecule has 2 rings (SSSR count). The summed E-state index contributed by atoms with van der Waals surface area (Å²) in [7, 11) is 0. The quantitative estimate of drug-likeness (QED) is 0.769. The number of nitrogens with zero attached hydrogens (tertiary/aromatic N) is 2. The molecule has 1 fully saturated rings. The van der Waals surface area contributed by atoms with Crippen LogP contribution in [0.25, 0.3) is 0 Å². The van der Waals surface area contributed by atoms with Crippen molar-refractivity contribution in [1.29, 1.82) is 0 Å². The summed E-state index contributed by atoms with van der Waals surface area (Å²) in [5.41, 5.74) is 6.30. The van der Waals surface area contributed by atoms with E-state index in [9.17, 15) is 9.59 Å². The van der Waals surface area contributed by atoms with Gasteiger partial charge in [0.1, 0.15) is 0 Å². The third kappa shape index (κ3) is 6.64. The predicted molar refractivity (Wildman–Crippen MR) is 105 cm³/mol. The van der Waals surface area contributed by atoms with Crippen molar-refractivity contribution in [3.63, 3.8) is 0 Å². The molecule has 0 bridgehead atoms. The number of carbonyl (C=O) groups is 2. The summed E-state index contributed by atoms with van der Waals surface area (Å²) in [4.78, 5) is 27.2. The van der Waals surface area contributed by atoms with Crippen molar-refractivity contribution >= 4 is 48.2 Å². The molecule has 25 heavy (non-hydrogen) atoms. The van der Waals surface area contributed by atoms with Gasteiger partial charge < -0.3 is 16.0 Å². The van der Waals surface area contributed by atoms with Gasteiger partial charge in [-0.2, -0.15) is 0 Å². The molecule has 1 unspecified atom stereocenters. The number of carbonyl (C=O) groups excluding carboxylic acids is 2. The normalized spacial score (nSPS) is 15.6. The molecule has 6 nitrogen and oxygen atoms in total. The average molecular weight is 412 g/mol. The number of hydrogen-bond acceptors (Lipinski definition) is 4. The number of halogens is 3. The molecule has 9 heteroatoms. The third-order valence-electron chi connectivity index (χ3n) is 4.19.